The quantitative estimate of drug-likeness (QED) is 0.644. The van der Waals surface area contributed by atoms with Crippen molar-refractivity contribution in [2.45, 2.75) is 17.3 Å². The lowest BCUT2D eigenvalue weighted by molar-refractivity contribution is -0.136. The van der Waals surface area contributed by atoms with Crippen LogP contribution >= 0.6 is 27.7 Å². The number of aliphatic carboxylic acids is 1. The third kappa shape index (κ3) is 3.52. The van der Waals surface area contributed by atoms with Crippen molar-refractivity contribution in [1.82, 2.24) is 14.8 Å². The number of para-hydroxylation sites is 1. The minimum atomic E-state index is -0.882. The van der Waals surface area contributed by atoms with Gasteiger partial charge in [-0.2, -0.15) is 0 Å². The molecule has 1 N–H and O–H groups in total. The summed E-state index contributed by atoms with van der Waals surface area (Å²) in [5, 5.41) is 17.6. The molecule has 5 nitrogen and oxygen atoms in total. The third-order valence-corrected chi connectivity index (χ3v) is 4.94. The van der Waals surface area contributed by atoms with Gasteiger partial charge in [0.1, 0.15) is 5.25 Å². The zero-order valence-corrected chi connectivity index (χ0v) is 15.2. The second kappa shape index (κ2) is 7.19. The van der Waals surface area contributed by atoms with Crippen LogP contribution in [-0.2, 0) is 4.79 Å². The fraction of sp³-hybridized carbons (Fsp3) is 0.118. The molecule has 0 aliphatic rings. The lowest BCUT2D eigenvalue weighted by Crippen LogP contribution is -2.12. The predicted octanol–water partition coefficient (Wildman–Crippen LogP) is 4.26. The summed E-state index contributed by atoms with van der Waals surface area (Å²) in [4.78, 5) is 11.2. The van der Waals surface area contributed by atoms with E-state index in [0.717, 1.165) is 15.7 Å². The van der Waals surface area contributed by atoms with Gasteiger partial charge in [0.15, 0.2) is 11.0 Å². The van der Waals surface area contributed by atoms with Crippen LogP contribution in [0.1, 0.15) is 6.92 Å². The molecule has 2 aromatic carbocycles. The average Bonchev–Trinajstić information content (AvgIpc) is 2.99. The van der Waals surface area contributed by atoms with E-state index in [0.29, 0.717) is 11.0 Å². The van der Waals surface area contributed by atoms with E-state index in [1.807, 2.05) is 59.2 Å². The van der Waals surface area contributed by atoms with Crippen LogP contribution in [0.4, 0.5) is 0 Å². The van der Waals surface area contributed by atoms with Crippen LogP contribution in [0.2, 0.25) is 0 Å². The Hall–Kier alpha value is -2.12. The van der Waals surface area contributed by atoms with Gasteiger partial charge in [0.2, 0.25) is 0 Å². The van der Waals surface area contributed by atoms with E-state index < -0.39 is 11.2 Å². The van der Waals surface area contributed by atoms with Gasteiger partial charge in [-0.05, 0) is 31.2 Å². The second-order valence-electron chi connectivity index (χ2n) is 5.08. The standard InChI is InChI=1S/C17H14BrN3O2S/c1-11(16(22)23)24-17-20-19-15(12-7-9-13(18)10-8-12)21(17)14-5-3-2-4-6-14/h2-11H,1H3,(H,22,23). The van der Waals surface area contributed by atoms with Gasteiger partial charge >= 0.3 is 5.97 Å². The minimum Gasteiger partial charge on any atom is -0.480 e. The maximum Gasteiger partial charge on any atom is 0.316 e. The first-order valence-corrected chi connectivity index (χ1v) is 8.90. The lowest BCUT2D eigenvalue weighted by Gasteiger charge is -2.11. The lowest BCUT2D eigenvalue weighted by atomic mass is 10.2. The number of nitrogens with zero attached hydrogens (tertiary/aromatic N) is 3. The Labute approximate surface area is 151 Å². The summed E-state index contributed by atoms with van der Waals surface area (Å²) < 4.78 is 2.86. The normalized spacial score (nSPS) is 12.1. The van der Waals surface area contributed by atoms with E-state index >= 15 is 0 Å². The summed E-state index contributed by atoms with van der Waals surface area (Å²) in [5.74, 6) is -0.207. The van der Waals surface area contributed by atoms with Crippen LogP contribution in [-0.4, -0.2) is 31.1 Å². The summed E-state index contributed by atoms with van der Waals surface area (Å²) in [6.07, 6.45) is 0. The van der Waals surface area contributed by atoms with Crippen molar-refractivity contribution in [2.75, 3.05) is 0 Å². The molecule has 24 heavy (non-hydrogen) atoms. The largest absolute Gasteiger partial charge is 0.480 e. The molecule has 0 aliphatic carbocycles. The molecular weight excluding hydrogens is 390 g/mol. The Balaban J connectivity index is 2.11. The van der Waals surface area contributed by atoms with E-state index in [4.69, 9.17) is 0 Å². The van der Waals surface area contributed by atoms with Crippen LogP contribution in [0.3, 0.4) is 0 Å². The highest BCUT2D eigenvalue weighted by atomic mass is 79.9. The molecule has 0 saturated heterocycles. The Bertz CT molecular complexity index is 850. The number of aromatic nitrogens is 3. The van der Waals surface area contributed by atoms with Gasteiger partial charge in [-0.1, -0.05) is 58.0 Å². The molecule has 0 radical (unpaired) electrons. The number of halogens is 1. The molecule has 122 valence electrons. The first-order chi connectivity index (χ1) is 11.6. The molecule has 0 aliphatic heterocycles. The molecule has 0 fully saturated rings. The first kappa shape index (κ1) is 16.7. The van der Waals surface area contributed by atoms with Crippen LogP contribution in [0.15, 0.2) is 64.2 Å². The van der Waals surface area contributed by atoms with Crippen molar-refractivity contribution in [1.29, 1.82) is 0 Å². The van der Waals surface area contributed by atoms with Crippen LogP contribution in [0, 0.1) is 0 Å². The number of carboxylic acids is 1. The number of carboxylic acid groups (broad SMARTS) is 1. The van der Waals surface area contributed by atoms with Gasteiger partial charge in [0, 0.05) is 15.7 Å². The Morgan fingerprint density at radius 3 is 2.42 bits per heavy atom. The number of benzene rings is 2. The molecule has 1 atom stereocenters. The Morgan fingerprint density at radius 2 is 1.79 bits per heavy atom. The summed E-state index contributed by atoms with van der Waals surface area (Å²) in [6.45, 7) is 1.64. The smallest absolute Gasteiger partial charge is 0.316 e. The maximum atomic E-state index is 11.2. The molecule has 0 saturated carbocycles. The van der Waals surface area contributed by atoms with E-state index in [2.05, 4.69) is 26.1 Å². The number of hydrogen-bond acceptors (Lipinski definition) is 4. The van der Waals surface area contributed by atoms with E-state index in [-0.39, 0.29) is 0 Å². The average molecular weight is 404 g/mol. The van der Waals surface area contributed by atoms with E-state index in [1.165, 1.54) is 11.8 Å². The van der Waals surface area contributed by atoms with Gasteiger partial charge in [-0.25, -0.2) is 0 Å². The summed E-state index contributed by atoms with van der Waals surface area (Å²) in [5.41, 5.74) is 1.80. The molecular formula is C17H14BrN3O2S. The Kier molecular flexibility index (Phi) is 5.01. The molecule has 0 spiro atoms. The number of hydrogen-bond donors (Lipinski definition) is 1. The zero-order chi connectivity index (χ0) is 17.1. The molecule has 1 aromatic heterocycles. The highest BCUT2D eigenvalue weighted by molar-refractivity contribution is 9.10. The molecule has 0 bridgehead atoms. The summed E-state index contributed by atoms with van der Waals surface area (Å²) >= 11 is 4.60. The van der Waals surface area contributed by atoms with E-state index in [1.54, 1.807) is 6.92 Å². The predicted molar refractivity (Wildman–Crippen MR) is 97.4 cm³/mol. The van der Waals surface area contributed by atoms with Crippen LogP contribution in [0.25, 0.3) is 17.1 Å². The highest BCUT2D eigenvalue weighted by Crippen LogP contribution is 2.30. The molecule has 3 rings (SSSR count). The zero-order valence-electron chi connectivity index (χ0n) is 12.8. The highest BCUT2D eigenvalue weighted by Gasteiger charge is 2.21. The first-order valence-electron chi connectivity index (χ1n) is 7.22. The number of carbonyl (C=O) groups is 1. The second-order valence-corrected chi connectivity index (χ2v) is 7.31. The minimum absolute atomic E-state index is 0.550. The van der Waals surface area contributed by atoms with Crippen molar-refractivity contribution >= 4 is 33.7 Å². The van der Waals surface area contributed by atoms with E-state index in [9.17, 15) is 9.90 Å². The monoisotopic (exact) mass is 403 g/mol. The van der Waals surface area contributed by atoms with Crippen molar-refractivity contribution in [3.8, 4) is 17.1 Å². The fourth-order valence-electron chi connectivity index (χ4n) is 2.15. The van der Waals surface area contributed by atoms with Crippen molar-refractivity contribution in [3.63, 3.8) is 0 Å². The SMILES string of the molecule is CC(Sc1nnc(-c2ccc(Br)cc2)n1-c1ccccc1)C(=O)O. The fourth-order valence-corrected chi connectivity index (χ4v) is 3.22. The van der Waals surface area contributed by atoms with Crippen LogP contribution in [0.5, 0.6) is 0 Å². The third-order valence-electron chi connectivity index (χ3n) is 3.38. The molecule has 1 unspecified atom stereocenters. The molecule has 7 heteroatoms. The maximum absolute atomic E-state index is 11.2. The molecule has 3 aromatic rings. The van der Waals surface area contributed by atoms with Crippen molar-refractivity contribution < 1.29 is 9.90 Å². The van der Waals surface area contributed by atoms with Gasteiger partial charge in [-0.15, -0.1) is 10.2 Å². The number of thioether (sulfide) groups is 1. The van der Waals surface area contributed by atoms with Gasteiger partial charge in [0.25, 0.3) is 0 Å². The Morgan fingerprint density at radius 1 is 1.12 bits per heavy atom. The van der Waals surface area contributed by atoms with Gasteiger partial charge in [-0.3, -0.25) is 9.36 Å². The molecule has 1 heterocycles. The summed E-state index contributed by atoms with van der Waals surface area (Å²) in [6, 6.07) is 17.4. The number of rotatable bonds is 5. The van der Waals surface area contributed by atoms with Crippen molar-refractivity contribution in [3.05, 3.63) is 59.1 Å². The summed E-state index contributed by atoms with van der Waals surface area (Å²) in [7, 11) is 0. The molecule has 0 amide bonds. The van der Waals surface area contributed by atoms with Crippen molar-refractivity contribution in [2.24, 2.45) is 0 Å². The van der Waals surface area contributed by atoms with Gasteiger partial charge in [0.05, 0.1) is 0 Å². The topological polar surface area (TPSA) is 68.0 Å². The van der Waals surface area contributed by atoms with Gasteiger partial charge < -0.3 is 5.11 Å². The van der Waals surface area contributed by atoms with Crippen LogP contribution < -0.4 is 0 Å².